The summed E-state index contributed by atoms with van der Waals surface area (Å²) in [5, 5.41) is 0. The van der Waals surface area contributed by atoms with Crippen LogP contribution in [-0.2, 0) is 10.2 Å². The number of benzene rings is 1. The van der Waals surface area contributed by atoms with Crippen molar-refractivity contribution in [2.24, 2.45) is 5.92 Å². The molecule has 1 aliphatic rings. The van der Waals surface area contributed by atoms with Crippen LogP contribution in [0.2, 0.25) is 0 Å². The van der Waals surface area contributed by atoms with E-state index in [0.717, 1.165) is 12.2 Å². The molecule has 0 radical (unpaired) electrons. The molecule has 0 amide bonds. The summed E-state index contributed by atoms with van der Waals surface area (Å²) in [5.41, 5.74) is 2.28. The summed E-state index contributed by atoms with van der Waals surface area (Å²) in [6, 6.07) is 6.26. The van der Waals surface area contributed by atoms with Gasteiger partial charge in [0, 0.05) is 23.3 Å². The molecule has 1 aromatic rings. The molecule has 2 nitrogen and oxygen atoms in total. The summed E-state index contributed by atoms with van der Waals surface area (Å²) in [6.07, 6.45) is 1.61. The lowest BCUT2D eigenvalue weighted by Crippen LogP contribution is -2.28. The molecular formula is C15H20O2. The third-order valence-electron chi connectivity index (χ3n) is 4.30. The number of carbonyl (C=O) groups excluding carboxylic acids is 1. The lowest BCUT2D eigenvalue weighted by atomic mass is 9.74. The highest BCUT2D eigenvalue weighted by Crippen LogP contribution is 2.46. The molecule has 0 bridgehead atoms. The zero-order valence-electron chi connectivity index (χ0n) is 11.0. The largest absolute Gasteiger partial charge is 0.496 e. The molecule has 0 aromatic heterocycles. The van der Waals surface area contributed by atoms with E-state index in [2.05, 4.69) is 32.0 Å². The second-order valence-electron chi connectivity index (χ2n) is 5.31. The lowest BCUT2D eigenvalue weighted by molar-refractivity contribution is -0.120. The van der Waals surface area contributed by atoms with Crippen LogP contribution in [0.3, 0.4) is 0 Å². The van der Waals surface area contributed by atoms with E-state index >= 15 is 0 Å². The summed E-state index contributed by atoms with van der Waals surface area (Å²) in [6.45, 7) is 6.27. The predicted octanol–water partition coefficient (Wildman–Crippen LogP) is 3.26. The number of methoxy groups -OCH3 is 1. The number of ether oxygens (including phenoxy) is 1. The van der Waals surface area contributed by atoms with E-state index in [1.54, 1.807) is 7.11 Å². The number of aryl methyl sites for hydroxylation is 1. The molecule has 1 aromatic carbocycles. The molecule has 2 heteroatoms. The van der Waals surface area contributed by atoms with Crippen molar-refractivity contribution in [2.75, 3.05) is 7.11 Å². The van der Waals surface area contributed by atoms with Crippen molar-refractivity contribution in [3.8, 4) is 5.75 Å². The molecule has 0 heterocycles. The molecule has 0 N–H and O–H groups in total. The van der Waals surface area contributed by atoms with E-state index in [1.807, 2.05) is 6.92 Å². The fourth-order valence-electron chi connectivity index (χ4n) is 2.81. The minimum absolute atomic E-state index is 0.0733. The molecule has 1 aliphatic carbocycles. The summed E-state index contributed by atoms with van der Waals surface area (Å²) in [4.78, 5) is 11.8. The maximum Gasteiger partial charge on any atom is 0.136 e. The Hall–Kier alpha value is -1.31. The van der Waals surface area contributed by atoms with E-state index in [4.69, 9.17) is 4.74 Å². The first-order chi connectivity index (χ1) is 7.99. The molecule has 0 spiro atoms. The van der Waals surface area contributed by atoms with E-state index in [1.165, 1.54) is 11.1 Å². The molecule has 92 valence electrons. The Morgan fingerprint density at radius 2 is 2.12 bits per heavy atom. The minimum Gasteiger partial charge on any atom is -0.496 e. The first-order valence-corrected chi connectivity index (χ1v) is 6.17. The van der Waals surface area contributed by atoms with Crippen LogP contribution in [0.4, 0.5) is 0 Å². The van der Waals surface area contributed by atoms with Gasteiger partial charge in [-0.25, -0.2) is 0 Å². The first-order valence-electron chi connectivity index (χ1n) is 6.17. The van der Waals surface area contributed by atoms with Gasteiger partial charge in [0.15, 0.2) is 0 Å². The highest BCUT2D eigenvalue weighted by Gasteiger charge is 2.44. The molecule has 0 saturated heterocycles. The van der Waals surface area contributed by atoms with Gasteiger partial charge >= 0.3 is 0 Å². The Morgan fingerprint density at radius 1 is 1.41 bits per heavy atom. The molecule has 0 unspecified atom stereocenters. The molecule has 17 heavy (non-hydrogen) atoms. The van der Waals surface area contributed by atoms with Crippen LogP contribution in [0, 0.1) is 12.8 Å². The van der Waals surface area contributed by atoms with E-state index < -0.39 is 0 Å². The highest BCUT2D eigenvalue weighted by atomic mass is 16.5. The summed E-state index contributed by atoms with van der Waals surface area (Å²) < 4.78 is 5.48. The van der Waals surface area contributed by atoms with Crippen LogP contribution in [0.15, 0.2) is 18.2 Å². The quantitative estimate of drug-likeness (QED) is 0.782. The number of hydrogen-bond donors (Lipinski definition) is 0. The smallest absolute Gasteiger partial charge is 0.136 e. The molecule has 2 rings (SSSR count). The van der Waals surface area contributed by atoms with Crippen LogP contribution in [0.1, 0.15) is 37.8 Å². The summed E-state index contributed by atoms with van der Waals surface area (Å²) in [7, 11) is 1.70. The van der Waals surface area contributed by atoms with Crippen LogP contribution in [0.5, 0.6) is 5.75 Å². The normalized spacial score (nSPS) is 28.5. The topological polar surface area (TPSA) is 26.3 Å². The van der Waals surface area contributed by atoms with E-state index in [9.17, 15) is 4.79 Å². The van der Waals surface area contributed by atoms with Crippen molar-refractivity contribution < 1.29 is 9.53 Å². The average Bonchev–Trinajstić information content (AvgIpc) is 2.58. The lowest BCUT2D eigenvalue weighted by Gasteiger charge is -2.30. The Kier molecular flexibility index (Phi) is 2.98. The predicted molar refractivity (Wildman–Crippen MR) is 68.5 cm³/mol. The van der Waals surface area contributed by atoms with Gasteiger partial charge in [0.25, 0.3) is 0 Å². The Morgan fingerprint density at radius 3 is 2.65 bits per heavy atom. The van der Waals surface area contributed by atoms with Gasteiger partial charge in [0.1, 0.15) is 11.5 Å². The number of ketones is 1. The monoisotopic (exact) mass is 232 g/mol. The van der Waals surface area contributed by atoms with Gasteiger partial charge in [0.2, 0.25) is 0 Å². The van der Waals surface area contributed by atoms with Crippen molar-refractivity contribution >= 4 is 5.78 Å². The van der Waals surface area contributed by atoms with Gasteiger partial charge in [-0.2, -0.15) is 0 Å². The average molecular weight is 232 g/mol. The summed E-state index contributed by atoms with van der Waals surface area (Å²) in [5.74, 6) is 1.36. The maximum absolute atomic E-state index is 11.8. The number of Topliss-reactive ketones (excluding diaryl/α,β-unsaturated/α-hetero) is 1. The third kappa shape index (κ3) is 1.86. The zero-order valence-corrected chi connectivity index (χ0v) is 11.0. The summed E-state index contributed by atoms with van der Waals surface area (Å²) >= 11 is 0. The van der Waals surface area contributed by atoms with Gasteiger partial charge in [-0.1, -0.05) is 26.0 Å². The highest BCUT2D eigenvalue weighted by molar-refractivity contribution is 5.85. The van der Waals surface area contributed by atoms with Gasteiger partial charge in [-0.15, -0.1) is 0 Å². The van der Waals surface area contributed by atoms with Crippen molar-refractivity contribution in [3.63, 3.8) is 0 Å². The van der Waals surface area contributed by atoms with Crippen molar-refractivity contribution in [1.29, 1.82) is 0 Å². The second kappa shape index (κ2) is 4.17. The van der Waals surface area contributed by atoms with Crippen LogP contribution < -0.4 is 4.74 Å². The van der Waals surface area contributed by atoms with Gasteiger partial charge < -0.3 is 4.74 Å². The molecule has 0 aliphatic heterocycles. The molecular weight excluding hydrogens is 212 g/mol. The third-order valence-corrected chi connectivity index (χ3v) is 4.30. The van der Waals surface area contributed by atoms with Gasteiger partial charge in [0.05, 0.1) is 7.11 Å². The fraction of sp³-hybridized carbons (Fsp3) is 0.533. The van der Waals surface area contributed by atoms with Crippen LogP contribution >= 0.6 is 0 Å². The van der Waals surface area contributed by atoms with Crippen molar-refractivity contribution in [3.05, 3.63) is 29.3 Å². The number of carbonyl (C=O) groups is 1. The molecule has 2 atom stereocenters. The molecule has 1 fully saturated rings. The fourth-order valence-corrected chi connectivity index (χ4v) is 2.81. The van der Waals surface area contributed by atoms with Gasteiger partial charge in [-0.3, -0.25) is 4.79 Å². The number of hydrogen-bond acceptors (Lipinski definition) is 2. The van der Waals surface area contributed by atoms with Gasteiger partial charge in [-0.05, 0) is 25.0 Å². The maximum atomic E-state index is 11.8. The standard InChI is InChI=1S/C15H20O2/c1-10-5-6-12(14(9-10)17-4)15(3)8-7-13(16)11(15)2/h5-6,9,11H,7-8H2,1-4H3/t11-,15-/m1/s1. The first kappa shape index (κ1) is 12.2. The minimum atomic E-state index is -0.0733. The van der Waals surface area contributed by atoms with E-state index in [-0.39, 0.29) is 11.3 Å². The second-order valence-corrected chi connectivity index (χ2v) is 5.31. The Bertz CT molecular complexity index is 450. The van der Waals surface area contributed by atoms with Crippen molar-refractivity contribution in [2.45, 2.75) is 39.0 Å². The zero-order chi connectivity index (χ0) is 12.6. The Balaban J connectivity index is 2.50. The van der Waals surface area contributed by atoms with Crippen LogP contribution in [0.25, 0.3) is 0 Å². The number of rotatable bonds is 2. The van der Waals surface area contributed by atoms with E-state index in [0.29, 0.717) is 12.2 Å². The Labute approximate surface area is 103 Å². The van der Waals surface area contributed by atoms with Crippen molar-refractivity contribution in [1.82, 2.24) is 0 Å². The SMILES string of the molecule is COc1cc(C)ccc1[C@]1(C)CCC(=O)[C@H]1C. The molecule has 1 saturated carbocycles. The van der Waals surface area contributed by atoms with Crippen LogP contribution in [-0.4, -0.2) is 12.9 Å².